The average molecular weight is 532 g/mol. The van der Waals surface area contributed by atoms with Crippen LogP contribution < -0.4 is 10.0 Å². The number of aromatic nitrogens is 1. The van der Waals surface area contributed by atoms with E-state index < -0.39 is 33.8 Å². The third-order valence-electron chi connectivity index (χ3n) is 7.09. The van der Waals surface area contributed by atoms with E-state index in [1.807, 2.05) is 17.9 Å². The third-order valence-corrected chi connectivity index (χ3v) is 7.64. The molecule has 1 amide bonds. The molecule has 202 valence electrons. The molecule has 11 heteroatoms. The Morgan fingerprint density at radius 2 is 1.84 bits per heavy atom. The van der Waals surface area contributed by atoms with Crippen molar-refractivity contribution in [2.45, 2.75) is 76.8 Å². The summed E-state index contributed by atoms with van der Waals surface area (Å²) in [7, 11) is -3.58. The summed E-state index contributed by atoms with van der Waals surface area (Å²) in [6.45, 7) is 3.16. The van der Waals surface area contributed by atoms with Crippen molar-refractivity contribution < 1.29 is 22.4 Å². The van der Waals surface area contributed by atoms with Gasteiger partial charge < -0.3 is 14.6 Å². The van der Waals surface area contributed by atoms with Gasteiger partial charge in [0.2, 0.25) is 27.7 Å². The summed E-state index contributed by atoms with van der Waals surface area (Å²) in [6, 6.07) is 5.47. The van der Waals surface area contributed by atoms with Gasteiger partial charge in [-0.3, -0.25) is 14.3 Å². The highest BCUT2D eigenvalue weighted by Gasteiger charge is 2.31. The van der Waals surface area contributed by atoms with Crippen LogP contribution in [-0.2, 0) is 14.8 Å². The van der Waals surface area contributed by atoms with Gasteiger partial charge in [-0.05, 0) is 43.7 Å². The van der Waals surface area contributed by atoms with Gasteiger partial charge in [-0.2, -0.15) is 0 Å². The zero-order chi connectivity index (χ0) is 26.4. The zero-order valence-corrected chi connectivity index (χ0v) is 22.4. The highest BCUT2D eigenvalue weighted by atomic mass is 32.2. The van der Waals surface area contributed by atoms with Crippen molar-refractivity contribution in [1.82, 2.24) is 19.9 Å². The van der Waals surface area contributed by atoms with Crippen LogP contribution in [0.4, 0.5) is 0 Å². The van der Waals surface area contributed by atoms with Gasteiger partial charge in [-0.15, -0.1) is 0 Å². The standard InChI is InChI=1S/C26H37N5O5S/c1-3-19(23(32)25-28-20-13-7-8-14-22(20)36-25)27-24(33)21(17-18-11-5-4-6-12-18)29-26(30-37(2,34)35)31-15-9-10-16-31/h7-8,13-14,18-19,21H,3-6,9-12,15-17H2,1-2H3,(H,27,33)(H,29,30)/t19-,21+/m1/s1. The predicted octanol–water partition coefficient (Wildman–Crippen LogP) is 3.25. The van der Waals surface area contributed by atoms with Crippen LogP contribution in [-0.4, -0.2) is 67.4 Å². The number of fused-ring (bicyclic) bond motifs is 1. The topological polar surface area (TPSA) is 134 Å². The van der Waals surface area contributed by atoms with Gasteiger partial charge in [0.15, 0.2) is 5.58 Å². The third kappa shape index (κ3) is 7.30. The molecule has 2 aliphatic rings. The number of nitrogens with zero attached hydrogens (tertiary/aromatic N) is 3. The van der Waals surface area contributed by atoms with Gasteiger partial charge in [0.05, 0.1) is 12.3 Å². The monoisotopic (exact) mass is 531 g/mol. The molecule has 2 heterocycles. The summed E-state index contributed by atoms with van der Waals surface area (Å²) >= 11 is 0. The first-order valence-electron chi connectivity index (χ1n) is 13.2. The van der Waals surface area contributed by atoms with Crippen molar-refractivity contribution in [1.29, 1.82) is 0 Å². The molecule has 0 spiro atoms. The molecule has 0 bridgehead atoms. The van der Waals surface area contributed by atoms with E-state index in [0.717, 1.165) is 44.8 Å². The summed E-state index contributed by atoms with van der Waals surface area (Å²) in [5.41, 5.74) is 1.09. The Bertz CT molecular complexity index is 1200. The van der Waals surface area contributed by atoms with Crippen molar-refractivity contribution in [3.8, 4) is 0 Å². The van der Waals surface area contributed by atoms with E-state index in [1.165, 1.54) is 6.42 Å². The fourth-order valence-electron chi connectivity index (χ4n) is 5.12. The number of oxazole rings is 1. The molecule has 1 aliphatic heterocycles. The minimum absolute atomic E-state index is 0.0443. The van der Waals surface area contributed by atoms with E-state index in [2.05, 4.69) is 20.0 Å². The SMILES string of the molecule is CC[C@@H](NC(=O)[C@H](CC1CCCCC1)N=C(NS(C)(=O)=O)N1CCCC1)C(=O)c1nc2ccccc2o1. The van der Waals surface area contributed by atoms with Crippen molar-refractivity contribution in [2.24, 2.45) is 10.9 Å². The van der Waals surface area contributed by atoms with Gasteiger partial charge >= 0.3 is 0 Å². The Labute approximate surface area is 218 Å². The van der Waals surface area contributed by atoms with E-state index in [1.54, 1.807) is 18.2 Å². The number of Topliss-reactive ketones (excluding diaryl/α,β-unsaturated/α-hetero) is 1. The molecule has 1 saturated heterocycles. The van der Waals surface area contributed by atoms with Crippen molar-refractivity contribution in [2.75, 3.05) is 19.3 Å². The highest BCUT2D eigenvalue weighted by molar-refractivity contribution is 7.89. The Balaban J connectivity index is 1.57. The number of nitrogens with one attached hydrogen (secondary N) is 2. The largest absolute Gasteiger partial charge is 0.434 e. The van der Waals surface area contributed by atoms with Crippen molar-refractivity contribution in [3.63, 3.8) is 0 Å². The maximum absolute atomic E-state index is 13.6. The highest BCUT2D eigenvalue weighted by Crippen LogP contribution is 2.28. The van der Waals surface area contributed by atoms with Gasteiger partial charge in [-0.25, -0.2) is 18.4 Å². The average Bonchev–Trinajstić information content (AvgIpc) is 3.56. The van der Waals surface area contributed by atoms with Crippen LogP contribution in [0.3, 0.4) is 0 Å². The zero-order valence-electron chi connectivity index (χ0n) is 21.6. The normalized spacial score (nSPS) is 19.1. The summed E-state index contributed by atoms with van der Waals surface area (Å²) in [5.74, 6) is -0.319. The van der Waals surface area contributed by atoms with Crippen molar-refractivity contribution >= 4 is 38.8 Å². The lowest BCUT2D eigenvalue weighted by atomic mass is 9.84. The molecule has 1 aliphatic carbocycles. The number of ketones is 1. The molecule has 1 saturated carbocycles. The molecule has 1 aromatic carbocycles. The molecule has 2 atom stereocenters. The molecule has 4 rings (SSSR count). The number of amides is 1. The minimum Gasteiger partial charge on any atom is -0.434 e. The van der Waals surface area contributed by atoms with Crippen LogP contribution >= 0.6 is 0 Å². The number of likely N-dealkylation sites (tertiary alicyclic amines) is 1. The number of sulfonamides is 1. The number of hydrogen-bond donors (Lipinski definition) is 2. The molecule has 37 heavy (non-hydrogen) atoms. The first-order chi connectivity index (χ1) is 17.7. The number of aliphatic imine (C=N–C) groups is 1. The Kier molecular flexibility index (Phi) is 8.83. The Morgan fingerprint density at radius 1 is 1.14 bits per heavy atom. The minimum atomic E-state index is -3.58. The Hall–Kier alpha value is -2.95. The van der Waals surface area contributed by atoms with E-state index in [4.69, 9.17) is 4.42 Å². The fraction of sp³-hybridized carbons (Fsp3) is 0.615. The Morgan fingerprint density at radius 3 is 2.49 bits per heavy atom. The molecule has 0 unspecified atom stereocenters. The van der Waals surface area contributed by atoms with Crippen molar-refractivity contribution in [3.05, 3.63) is 30.2 Å². The number of guanidine groups is 1. The van der Waals surface area contributed by atoms with Crippen LogP contribution in [0.1, 0.15) is 75.4 Å². The molecular weight excluding hydrogens is 494 g/mol. The maximum atomic E-state index is 13.6. The van der Waals surface area contributed by atoms with Crippen LogP contribution in [0.2, 0.25) is 0 Å². The number of carbonyl (C=O) groups excluding carboxylic acids is 2. The second kappa shape index (κ2) is 12.1. The van der Waals surface area contributed by atoms with E-state index >= 15 is 0 Å². The molecule has 0 radical (unpaired) electrons. The number of hydrogen-bond acceptors (Lipinski definition) is 7. The van der Waals surface area contributed by atoms with Crippen LogP contribution in [0.5, 0.6) is 0 Å². The lowest BCUT2D eigenvalue weighted by Crippen LogP contribution is -2.48. The molecule has 10 nitrogen and oxygen atoms in total. The van der Waals surface area contributed by atoms with Crippen LogP contribution in [0.15, 0.2) is 33.7 Å². The first kappa shape index (κ1) is 27.1. The molecule has 2 fully saturated rings. The van der Waals surface area contributed by atoms with E-state index in [-0.39, 0.29) is 11.9 Å². The maximum Gasteiger partial charge on any atom is 0.266 e. The summed E-state index contributed by atoms with van der Waals surface area (Å²) in [6.07, 6.45) is 9.22. The summed E-state index contributed by atoms with van der Waals surface area (Å²) < 4.78 is 32.4. The number of benzene rings is 1. The van der Waals surface area contributed by atoms with Gasteiger partial charge in [0.1, 0.15) is 11.6 Å². The van der Waals surface area contributed by atoms with E-state index in [9.17, 15) is 18.0 Å². The quantitative estimate of drug-likeness (QED) is 0.288. The van der Waals surface area contributed by atoms with Gasteiger partial charge in [0.25, 0.3) is 5.89 Å². The second-order valence-corrected chi connectivity index (χ2v) is 11.8. The summed E-state index contributed by atoms with van der Waals surface area (Å²) in [5, 5.41) is 2.87. The fourth-order valence-corrected chi connectivity index (χ4v) is 5.63. The number of para-hydroxylation sites is 2. The lowest BCUT2D eigenvalue weighted by molar-refractivity contribution is -0.123. The lowest BCUT2D eigenvalue weighted by Gasteiger charge is -2.27. The summed E-state index contributed by atoms with van der Waals surface area (Å²) in [4.78, 5) is 37.6. The van der Waals surface area contributed by atoms with Gasteiger partial charge in [-0.1, -0.05) is 51.2 Å². The molecule has 2 N–H and O–H groups in total. The van der Waals surface area contributed by atoms with Crippen LogP contribution in [0.25, 0.3) is 11.1 Å². The first-order valence-corrected chi connectivity index (χ1v) is 15.1. The van der Waals surface area contributed by atoms with Crippen LogP contribution in [0, 0.1) is 5.92 Å². The van der Waals surface area contributed by atoms with Gasteiger partial charge in [0, 0.05) is 13.1 Å². The number of rotatable bonds is 9. The molecule has 2 aromatic rings. The second-order valence-electron chi connectivity index (χ2n) is 10.1. The smallest absolute Gasteiger partial charge is 0.266 e. The molecular formula is C26H37N5O5S. The molecule has 1 aromatic heterocycles. The number of carbonyl (C=O) groups is 2. The predicted molar refractivity (Wildman–Crippen MR) is 142 cm³/mol. The van der Waals surface area contributed by atoms with E-state index in [0.29, 0.717) is 42.9 Å².